The lowest BCUT2D eigenvalue weighted by atomic mass is 9.98. The highest BCUT2D eigenvalue weighted by Crippen LogP contribution is 2.37. The molecule has 5 heteroatoms. The van der Waals surface area contributed by atoms with E-state index < -0.39 is 0 Å². The predicted molar refractivity (Wildman–Crippen MR) is 121 cm³/mol. The summed E-state index contributed by atoms with van der Waals surface area (Å²) in [4.78, 5) is 4.77. The fourth-order valence-electron chi connectivity index (χ4n) is 3.75. The number of nitrogens with zero attached hydrogens (tertiary/aromatic N) is 4. The van der Waals surface area contributed by atoms with Crippen LogP contribution < -0.4 is 4.74 Å². The number of fused-ring (bicyclic) bond motifs is 1. The molecular weight excluding hydrogens is 384 g/mol. The summed E-state index contributed by atoms with van der Waals surface area (Å²) in [6.07, 6.45) is 0. The number of aromatic nitrogens is 3. The predicted octanol–water partition coefficient (Wildman–Crippen LogP) is 5.61. The van der Waals surface area contributed by atoms with Gasteiger partial charge in [0.25, 0.3) is 0 Å². The number of methoxy groups -OCH3 is 1. The van der Waals surface area contributed by atoms with Crippen molar-refractivity contribution in [2.75, 3.05) is 7.11 Å². The van der Waals surface area contributed by atoms with E-state index in [-0.39, 0.29) is 0 Å². The highest BCUT2D eigenvalue weighted by atomic mass is 16.5. The molecule has 0 amide bonds. The van der Waals surface area contributed by atoms with Crippen molar-refractivity contribution in [2.24, 2.45) is 0 Å². The minimum Gasteiger partial charge on any atom is -0.496 e. The zero-order valence-electron chi connectivity index (χ0n) is 16.9. The minimum atomic E-state index is 0.457. The van der Waals surface area contributed by atoms with Crippen molar-refractivity contribution in [1.29, 1.82) is 5.26 Å². The third-order valence-corrected chi connectivity index (χ3v) is 5.22. The van der Waals surface area contributed by atoms with Crippen LogP contribution in [0, 0.1) is 11.3 Å². The van der Waals surface area contributed by atoms with Gasteiger partial charge in [0.1, 0.15) is 17.4 Å². The number of benzene rings is 3. The van der Waals surface area contributed by atoms with Gasteiger partial charge in [0.2, 0.25) is 0 Å². The topological polar surface area (TPSA) is 63.2 Å². The van der Waals surface area contributed by atoms with Gasteiger partial charge in [-0.1, -0.05) is 78.9 Å². The molecule has 2 aromatic heterocycles. The first kappa shape index (κ1) is 18.6. The number of rotatable bonds is 4. The summed E-state index contributed by atoms with van der Waals surface area (Å²) in [5.74, 6) is 1.27. The Labute approximate surface area is 179 Å². The number of nitriles is 1. The number of hydrogen-bond donors (Lipinski definition) is 0. The standard InChI is InChI=1S/C26H18N4O/c1-31-24-15-9-8-14-20(24)21-16-23(18-10-4-2-5-11-18)30-26(22(21)17-27)28-25(29-30)19-12-6-3-7-13-19/h2-16H,1H3. The largest absolute Gasteiger partial charge is 0.496 e. The fraction of sp³-hybridized carbons (Fsp3) is 0.0385. The zero-order valence-corrected chi connectivity index (χ0v) is 16.9. The lowest BCUT2D eigenvalue weighted by Crippen LogP contribution is -2.00. The van der Waals surface area contributed by atoms with E-state index >= 15 is 0 Å². The first-order valence-corrected chi connectivity index (χ1v) is 9.88. The van der Waals surface area contributed by atoms with Crippen molar-refractivity contribution in [1.82, 2.24) is 14.6 Å². The monoisotopic (exact) mass is 402 g/mol. The van der Waals surface area contributed by atoms with Crippen molar-refractivity contribution in [2.45, 2.75) is 0 Å². The van der Waals surface area contributed by atoms with E-state index in [4.69, 9.17) is 14.8 Å². The van der Waals surface area contributed by atoms with E-state index in [1.165, 1.54) is 0 Å². The van der Waals surface area contributed by atoms with Crippen LogP contribution in [0.3, 0.4) is 0 Å². The van der Waals surface area contributed by atoms with Crippen molar-refractivity contribution >= 4 is 5.65 Å². The van der Waals surface area contributed by atoms with E-state index in [0.29, 0.717) is 22.8 Å². The van der Waals surface area contributed by atoms with Gasteiger partial charge in [-0.3, -0.25) is 0 Å². The summed E-state index contributed by atoms with van der Waals surface area (Å²) in [5.41, 5.74) is 5.31. The van der Waals surface area contributed by atoms with Gasteiger partial charge in [0, 0.05) is 22.3 Å². The minimum absolute atomic E-state index is 0.457. The maximum absolute atomic E-state index is 10.1. The molecule has 0 aliphatic rings. The van der Waals surface area contributed by atoms with Crippen LogP contribution in [0.15, 0.2) is 91.0 Å². The molecule has 0 N–H and O–H groups in total. The molecule has 5 aromatic rings. The second-order valence-corrected chi connectivity index (χ2v) is 7.03. The fourth-order valence-corrected chi connectivity index (χ4v) is 3.75. The van der Waals surface area contributed by atoms with Crippen molar-refractivity contribution in [3.05, 3.63) is 96.6 Å². The molecule has 148 valence electrons. The van der Waals surface area contributed by atoms with Crippen LogP contribution in [0.25, 0.3) is 39.4 Å². The summed E-state index contributed by atoms with van der Waals surface area (Å²) in [7, 11) is 1.63. The van der Waals surface area contributed by atoms with Crippen LogP contribution in [0.1, 0.15) is 5.56 Å². The number of hydrogen-bond acceptors (Lipinski definition) is 4. The van der Waals surface area contributed by atoms with Crippen LogP contribution >= 0.6 is 0 Å². The molecule has 0 bridgehead atoms. The van der Waals surface area contributed by atoms with Crippen molar-refractivity contribution in [3.63, 3.8) is 0 Å². The summed E-state index contributed by atoms with van der Waals surface area (Å²) >= 11 is 0. The average Bonchev–Trinajstić information content (AvgIpc) is 3.29. The van der Waals surface area contributed by atoms with E-state index in [1.807, 2.05) is 91.0 Å². The zero-order chi connectivity index (χ0) is 21.2. The Hall–Kier alpha value is -4.43. The molecule has 0 aliphatic carbocycles. The molecule has 5 nitrogen and oxygen atoms in total. The molecule has 0 radical (unpaired) electrons. The molecule has 0 unspecified atom stereocenters. The van der Waals surface area contributed by atoms with Gasteiger partial charge in [-0.05, 0) is 12.1 Å². The molecule has 0 fully saturated rings. The van der Waals surface area contributed by atoms with E-state index in [9.17, 15) is 5.26 Å². The first-order valence-electron chi connectivity index (χ1n) is 9.88. The molecule has 31 heavy (non-hydrogen) atoms. The van der Waals surface area contributed by atoms with Gasteiger partial charge in [0.15, 0.2) is 11.5 Å². The highest BCUT2D eigenvalue weighted by Gasteiger charge is 2.20. The molecular formula is C26H18N4O. The van der Waals surface area contributed by atoms with Gasteiger partial charge in [-0.2, -0.15) is 5.26 Å². The van der Waals surface area contributed by atoms with Gasteiger partial charge in [0.05, 0.1) is 12.8 Å². The van der Waals surface area contributed by atoms with E-state index in [0.717, 1.165) is 27.9 Å². The molecule has 0 aliphatic heterocycles. The summed E-state index contributed by atoms with van der Waals surface area (Å²) in [5, 5.41) is 14.9. The average molecular weight is 402 g/mol. The Morgan fingerprint density at radius 1 is 0.806 bits per heavy atom. The molecule has 3 aromatic carbocycles. The lowest BCUT2D eigenvalue weighted by molar-refractivity contribution is 0.416. The normalized spacial score (nSPS) is 10.7. The Morgan fingerprint density at radius 2 is 1.45 bits per heavy atom. The van der Waals surface area contributed by atoms with Crippen LogP contribution in [-0.4, -0.2) is 21.7 Å². The molecule has 5 rings (SSSR count). The number of para-hydroxylation sites is 1. The maximum Gasteiger partial charge on any atom is 0.182 e. The number of ether oxygens (including phenoxy) is 1. The Morgan fingerprint density at radius 3 is 2.13 bits per heavy atom. The second-order valence-electron chi connectivity index (χ2n) is 7.03. The maximum atomic E-state index is 10.1. The van der Waals surface area contributed by atoms with E-state index in [1.54, 1.807) is 11.6 Å². The summed E-state index contributed by atoms with van der Waals surface area (Å²) in [6.45, 7) is 0. The second kappa shape index (κ2) is 7.77. The molecule has 0 spiro atoms. The quantitative estimate of drug-likeness (QED) is 0.392. The van der Waals surface area contributed by atoms with Gasteiger partial charge in [-0.15, -0.1) is 5.10 Å². The first-order chi connectivity index (χ1) is 15.3. The van der Waals surface area contributed by atoms with Crippen molar-refractivity contribution < 1.29 is 4.74 Å². The van der Waals surface area contributed by atoms with Gasteiger partial charge >= 0.3 is 0 Å². The number of pyridine rings is 1. The van der Waals surface area contributed by atoms with Crippen LogP contribution in [0.4, 0.5) is 0 Å². The smallest absolute Gasteiger partial charge is 0.182 e. The third-order valence-electron chi connectivity index (χ3n) is 5.22. The highest BCUT2D eigenvalue weighted by molar-refractivity contribution is 5.85. The Kier molecular flexibility index (Phi) is 4.66. The van der Waals surface area contributed by atoms with Gasteiger partial charge in [-0.25, -0.2) is 9.50 Å². The molecule has 0 saturated heterocycles. The lowest BCUT2D eigenvalue weighted by Gasteiger charge is -2.13. The summed E-state index contributed by atoms with van der Waals surface area (Å²) < 4.78 is 7.34. The van der Waals surface area contributed by atoms with Crippen LogP contribution in [-0.2, 0) is 0 Å². The van der Waals surface area contributed by atoms with Crippen LogP contribution in [0.2, 0.25) is 0 Å². The Bertz CT molecular complexity index is 1420. The molecule has 0 saturated carbocycles. The Balaban J connectivity index is 1.88. The van der Waals surface area contributed by atoms with Gasteiger partial charge < -0.3 is 4.74 Å². The molecule has 0 atom stereocenters. The van der Waals surface area contributed by atoms with E-state index in [2.05, 4.69) is 6.07 Å². The van der Waals surface area contributed by atoms with Crippen molar-refractivity contribution in [3.8, 4) is 45.6 Å². The SMILES string of the molecule is COc1ccccc1-c1cc(-c2ccccc2)n2nc(-c3ccccc3)nc2c1C#N. The molecule has 2 heterocycles. The summed E-state index contributed by atoms with van der Waals surface area (Å²) in [6, 6.07) is 31.8. The van der Waals surface area contributed by atoms with Crippen LogP contribution in [0.5, 0.6) is 5.75 Å². The third kappa shape index (κ3) is 3.21.